The van der Waals surface area contributed by atoms with E-state index in [1.807, 2.05) is 0 Å². The second-order valence-electron chi connectivity index (χ2n) is 13.0. The van der Waals surface area contributed by atoms with Gasteiger partial charge in [-0.1, -0.05) is 176 Å². The molecule has 0 aromatic carbocycles. The second kappa shape index (κ2) is 20.2. The van der Waals surface area contributed by atoms with Gasteiger partial charge in [-0.2, -0.15) is 0 Å². The van der Waals surface area contributed by atoms with Crippen molar-refractivity contribution in [2.75, 3.05) is 0 Å². The van der Waals surface area contributed by atoms with Gasteiger partial charge < -0.3 is 0 Å². The topological polar surface area (TPSA) is 0 Å². The minimum atomic E-state index is 0.920. The van der Waals surface area contributed by atoms with Gasteiger partial charge in [0.15, 0.2) is 0 Å². The van der Waals surface area contributed by atoms with Crippen LogP contribution in [-0.2, 0) is 0 Å². The van der Waals surface area contributed by atoms with Gasteiger partial charge in [-0.05, 0) is 35.5 Å². The average molecular weight is 463 g/mol. The average Bonchev–Trinajstić information content (AvgIpc) is 2.95. The Labute approximate surface area is 211 Å². The van der Waals surface area contributed by atoms with Gasteiger partial charge in [0.25, 0.3) is 0 Å². The van der Waals surface area contributed by atoms with Crippen LogP contribution < -0.4 is 0 Å². The number of hydrogen-bond acceptors (Lipinski definition) is 0. The molecule has 0 amide bonds. The first kappa shape index (κ1) is 31.0. The van der Waals surface area contributed by atoms with Crippen molar-refractivity contribution >= 4 is 0 Å². The van der Waals surface area contributed by atoms with Crippen LogP contribution in [0, 0.1) is 35.5 Å². The molecule has 198 valence electrons. The molecule has 3 rings (SSSR count). The van der Waals surface area contributed by atoms with Crippen molar-refractivity contribution in [1.29, 1.82) is 0 Å². The highest BCUT2D eigenvalue weighted by Gasteiger charge is 2.15. The molecule has 33 heavy (non-hydrogen) atoms. The van der Waals surface area contributed by atoms with Crippen molar-refractivity contribution in [1.82, 2.24) is 0 Å². The third-order valence-corrected chi connectivity index (χ3v) is 9.28. The third kappa shape index (κ3) is 16.3. The second-order valence-corrected chi connectivity index (χ2v) is 13.0. The van der Waals surface area contributed by atoms with E-state index in [4.69, 9.17) is 0 Å². The predicted molar refractivity (Wildman–Crippen MR) is 152 cm³/mol. The van der Waals surface area contributed by atoms with Crippen LogP contribution in [0.3, 0.4) is 0 Å². The molecular formula is C33H66. The molecular weight excluding hydrogens is 396 g/mol. The van der Waals surface area contributed by atoms with Gasteiger partial charge in [0.05, 0.1) is 0 Å². The van der Waals surface area contributed by atoms with E-state index >= 15 is 0 Å². The summed E-state index contributed by atoms with van der Waals surface area (Å²) in [6.07, 6.45) is 31.3. The van der Waals surface area contributed by atoms with Crippen molar-refractivity contribution in [3.63, 3.8) is 0 Å². The van der Waals surface area contributed by atoms with Crippen LogP contribution in [0.5, 0.6) is 0 Å². The van der Waals surface area contributed by atoms with Crippen LogP contribution in [0.25, 0.3) is 0 Å². The van der Waals surface area contributed by atoms with E-state index < -0.39 is 0 Å². The smallest absolute Gasteiger partial charge is 0.0391 e. The zero-order valence-corrected chi connectivity index (χ0v) is 24.3. The van der Waals surface area contributed by atoms with Crippen LogP contribution in [0.15, 0.2) is 0 Å². The molecule has 3 aliphatic rings. The number of rotatable bonds is 3. The summed E-state index contributed by atoms with van der Waals surface area (Å²) in [5, 5.41) is 0. The SMILES string of the molecule is CC(C)C1CCCCCC1.CC(C)C1CCCCCCC1.CC(C)C1CCCCCCCC1. The molecule has 0 N–H and O–H groups in total. The minimum absolute atomic E-state index is 0.920. The van der Waals surface area contributed by atoms with Crippen LogP contribution in [0.2, 0.25) is 0 Å². The zero-order chi connectivity index (χ0) is 24.3. The van der Waals surface area contributed by atoms with Crippen LogP contribution in [-0.4, -0.2) is 0 Å². The predicted octanol–water partition coefficient (Wildman–Crippen LogP) is 12.0. The molecule has 0 spiro atoms. The third-order valence-electron chi connectivity index (χ3n) is 9.28. The zero-order valence-electron chi connectivity index (χ0n) is 24.3. The lowest BCUT2D eigenvalue weighted by molar-refractivity contribution is 0.298. The molecule has 0 aromatic rings. The Morgan fingerprint density at radius 2 is 0.424 bits per heavy atom. The largest absolute Gasteiger partial charge is 0.0625 e. The molecule has 0 atom stereocenters. The van der Waals surface area contributed by atoms with Crippen molar-refractivity contribution in [2.45, 2.75) is 176 Å². The Hall–Kier alpha value is 0. The summed E-state index contributed by atoms with van der Waals surface area (Å²) in [5.41, 5.74) is 0. The first-order chi connectivity index (χ1) is 15.9. The Morgan fingerprint density at radius 3 is 0.576 bits per heavy atom. The Kier molecular flexibility index (Phi) is 19.0. The van der Waals surface area contributed by atoms with Gasteiger partial charge >= 0.3 is 0 Å². The Morgan fingerprint density at radius 1 is 0.273 bits per heavy atom. The fourth-order valence-electron chi connectivity index (χ4n) is 6.46. The first-order valence-corrected chi connectivity index (χ1v) is 15.9. The Bertz CT molecular complexity index is 380. The van der Waals surface area contributed by atoms with E-state index in [2.05, 4.69) is 41.5 Å². The molecule has 0 saturated heterocycles. The molecule has 0 aliphatic heterocycles. The highest BCUT2D eigenvalue weighted by Crippen LogP contribution is 2.29. The minimum Gasteiger partial charge on any atom is -0.0625 e. The summed E-state index contributed by atoms with van der Waals surface area (Å²) >= 11 is 0. The van der Waals surface area contributed by atoms with E-state index in [0.717, 1.165) is 35.5 Å². The van der Waals surface area contributed by atoms with Crippen LogP contribution >= 0.6 is 0 Å². The molecule has 0 aromatic heterocycles. The van der Waals surface area contributed by atoms with E-state index in [9.17, 15) is 0 Å². The fourth-order valence-corrected chi connectivity index (χ4v) is 6.46. The van der Waals surface area contributed by atoms with Crippen LogP contribution in [0.1, 0.15) is 176 Å². The summed E-state index contributed by atoms with van der Waals surface area (Å²) in [5.74, 6) is 5.88. The molecule has 0 nitrogen and oxygen atoms in total. The lowest BCUT2D eigenvalue weighted by Gasteiger charge is -2.22. The molecule has 0 radical (unpaired) electrons. The van der Waals surface area contributed by atoms with Gasteiger partial charge in [0.1, 0.15) is 0 Å². The van der Waals surface area contributed by atoms with Gasteiger partial charge in [-0.15, -0.1) is 0 Å². The monoisotopic (exact) mass is 463 g/mol. The van der Waals surface area contributed by atoms with E-state index in [1.165, 1.54) is 135 Å². The highest BCUT2D eigenvalue weighted by molar-refractivity contribution is 4.68. The lowest BCUT2D eigenvalue weighted by Crippen LogP contribution is -2.10. The summed E-state index contributed by atoms with van der Waals surface area (Å²) in [6.45, 7) is 14.3. The standard InChI is InChI=1S/C12H24.C11H22.C10H20/c1-11(2)12-9-7-5-3-4-6-8-10-12;1-10(2)11-8-6-4-3-5-7-9-11;1-9(2)10-7-5-3-4-6-8-10/h11-12H,3-10H2,1-2H3;10-11H,3-9H2,1-2H3;9-10H,3-8H2,1-2H3. The summed E-state index contributed by atoms with van der Waals surface area (Å²) in [6, 6.07) is 0. The van der Waals surface area contributed by atoms with Gasteiger partial charge in [0, 0.05) is 0 Å². The van der Waals surface area contributed by atoms with E-state index in [0.29, 0.717) is 0 Å². The molecule has 3 fully saturated rings. The molecule has 0 heterocycles. The first-order valence-electron chi connectivity index (χ1n) is 15.9. The fraction of sp³-hybridized carbons (Fsp3) is 1.00. The maximum absolute atomic E-state index is 2.39. The summed E-state index contributed by atoms with van der Waals surface area (Å²) in [7, 11) is 0. The molecule has 3 aliphatic carbocycles. The highest BCUT2D eigenvalue weighted by atomic mass is 14.2. The Balaban J connectivity index is 0.000000249. The van der Waals surface area contributed by atoms with Gasteiger partial charge in [-0.25, -0.2) is 0 Å². The molecule has 0 bridgehead atoms. The van der Waals surface area contributed by atoms with Gasteiger partial charge in [-0.3, -0.25) is 0 Å². The quantitative estimate of drug-likeness (QED) is 0.366. The van der Waals surface area contributed by atoms with Crippen molar-refractivity contribution in [2.24, 2.45) is 35.5 Å². The van der Waals surface area contributed by atoms with Gasteiger partial charge in [0.2, 0.25) is 0 Å². The van der Waals surface area contributed by atoms with Crippen molar-refractivity contribution in [3.05, 3.63) is 0 Å². The normalized spacial score (nSPS) is 23.2. The lowest BCUT2D eigenvalue weighted by atomic mass is 9.84. The van der Waals surface area contributed by atoms with E-state index in [-0.39, 0.29) is 0 Å². The summed E-state index contributed by atoms with van der Waals surface area (Å²) < 4.78 is 0. The molecule has 0 heteroatoms. The van der Waals surface area contributed by atoms with Crippen molar-refractivity contribution < 1.29 is 0 Å². The van der Waals surface area contributed by atoms with Crippen LogP contribution in [0.4, 0.5) is 0 Å². The van der Waals surface area contributed by atoms with Crippen molar-refractivity contribution in [3.8, 4) is 0 Å². The molecule has 0 unspecified atom stereocenters. The maximum Gasteiger partial charge on any atom is -0.0391 e. The maximum atomic E-state index is 2.39. The summed E-state index contributed by atoms with van der Waals surface area (Å²) in [4.78, 5) is 0. The number of hydrogen-bond donors (Lipinski definition) is 0. The van der Waals surface area contributed by atoms with E-state index in [1.54, 1.807) is 0 Å². The molecule has 3 saturated carbocycles.